The minimum atomic E-state index is -0.191. The molecule has 3 heterocycles. The summed E-state index contributed by atoms with van der Waals surface area (Å²) in [6.07, 6.45) is 5.16. The van der Waals surface area contributed by atoms with Gasteiger partial charge < -0.3 is 9.72 Å². The van der Waals surface area contributed by atoms with E-state index in [1.807, 2.05) is 19.2 Å². The first-order valence-electron chi connectivity index (χ1n) is 8.49. The molecule has 3 rings (SSSR count). The maximum absolute atomic E-state index is 12.9. The fourth-order valence-electron chi connectivity index (χ4n) is 2.60. The molecule has 0 unspecified atom stereocenters. The second kappa shape index (κ2) is 8.09. The first-order chi connectivity index (χ1) is 12.6. The normalized spacial score (nSPS) is 11.2. The van der Waals surface area contributed by atoms with E-state index in [0.717, 1.165) is 22.5 Å². The van der Waals surface area contributed by atoms with E-state index in [4.69, 9.17) is 4.74 Å². The molecular weight excluding hydrogens is 370 g/mol. The van der Waals surface area contributed by atoms with E-state index in [-0.39, 0.29) is 17.5 Å². The summed E-state index contributed by atoms with van der Waals surface area (Å²) in [7, 11) is 0. The molecule has 0 fully saturated rings. The molecule has 0 aromatic carbocycles. The van der Waals surface area contributed by atoms with Crippen molar-refractivity contribution in [2.24, 2.45) is 0 Å². The summed E-state index contributed by atoms with van der Waals surface area (Å²) in [6, 6.07) is 3.40. The highest BCUT2D eigenvalue weighted by atomic mass is 32.2. The number of nitrogens with zero attached hydrogens (tertiary/aromatic N) is 2. The standard InChI is InChI=1S/C18H21N3O3S2/c1-4-6-24-15-9-19-11(7-14(15)22)10-21-17(23)13-8-12(5-2)26-16(13)20-18(21)25-3/h7-9H,4-6,10H2,1-3H3,(H,19,22). The van der Waals surface area contributed by atoms with E-state index >= 15 is 0 Å². The lowest BCUT2D eigenvalue weighted by atomic mass is 10.3. The number of rotatable bonds is 7. The second-order valence-corrected chi connectivity index (χ2v) is 7.70. The quantitative estimate of drug-likeness (QED) is 0.494. The summed E-state index contributed by atoms with van der Waals surface area (Å²) in [5.74, 6) is 0.298. The largest absolute Gasteiger partial charge is 0.488 e. The third kappa shape index (κ3) is 3.71. The van der Waals surface area contributed by atoms with E-state index in [0.29, 0.717) is 28.6 Å². The van der Waals surface area contributed by atoms with Crippen LogP contribution in [0.3, 0.4) is 0 Å². The second-order valence-electron chi connectivity index (χ2n) is 5.81. The van der Waals surface area contributed by atoms with Gasteiger partial charge in [-0.1, -0.05) is 25.6 Å². The molecule has 3 aromatic heterocycles. The molecule has 0 bridgehead atoms. The van der Waals surface area contributed by atoms with Gasteiger partial charge in [-0.15, -0.1) is 11.3 Å². The number of ether oxygens (including phenoxy) is 1. The molecule has 0 saturated carbocycles. The molecule has 8 heteroatoms. The lowest BCUT2D eigenvalue weighted by molar-refractivity contribution is 0.313. The van der Waals surface area contributed by atoms with Gasteiger partial charge in [0.2, 0.25) is 5.43 Å². The Labute approximate surface area is 159 Å². The molecule has 0 radical (unpaired) electrons. The number of pyridine rings is 1. The van der Waals surface area contributed by atoms with Crippen LogP contribution in [0.4, 0.5) is 0 Å². The minimum Gasteiger partial charge on any atom is -0.488 e. The average molecular weight is 392 g/mol. The lowest BCUT2D eigenvalue weighted by Gasteiger charge is -2.11. The topological polar surface area (TPSA) is 77.0 Å². The molecule has 6 nitrogen and oxygen atoms in total. The van der Waals surface area contributed by atoms with Crippen LogP contribution < -0.4 is 15.7 Å². The van der Waals surface area contributed by atoms with Gasteiger partial charge in [0.15, 0.2) is 10.9 Å². The van der Waals surface area contributed by atoms with Crippen LogP contribution >= 0.6 is 23.1 Å². The van der Waals surface area contributed by atoms with Gasteiger partial charge in [-0.05, 0) is 25.2 Å². The van der Waals surface area contributed by atoms with Crippen LogP contribution in [-0.2, 0) is 13.0 Å². The lowest BCUT2D eigenvalue weighted by Crippen LogP contribution is -2.24. The molecule has 3 aromatic rings. The number of nitrogens with one attached hydrogen (secondary N) is 1. The van der Waals surface area contributed by atoms with Gasteiger partial charge in [0.05, 0.1) is 18.5 Å². The van der Waals surface area contributed by atoms with Crippen LogP contribution in [-0.4, -0.2) is 27.4 Å². The Hall–Kier alpha value is -2.06. The number of thiophene rings is 1. The highest BCUT2D eigenvalue weighted by Gasteiger charge is 2.14. The number of hydrogen-bond donors (Lipinski definition) is 1. The van der Waals surface area contributed by atoms with E-state index in [1.54, 1.807) is 22.1 Å². The fourth-order valence-corrected chi connectivity index (χ4v) is 4.17. The van der Waals surface area contributed by atoms with Crippen molar-refractivity contribution in [2.45, 2.75) is 38.4 Å². The minimum absolute atomic E-state index is 0.0811. The first-order valence-corrected chi connectivity index (χ1v) is 10.5. The predicted octanol–water partition coefficient (Wildman–Crippen LogP) is 3.27. The van der Waals surface area contributed by atoms with Gasteiger partial charge in [-0.25, -0.2) is 4.98 Å². The molecule has 138 valence electrons. The van der Waals surface area contributed by atoms with Gasteiger partial charge in [-0.3, -0.25) is 14.2 Å². The van der Waals surface area contributed by atoms with Gasteiger partial charge in [-0.2, -0.15) is 0 Å². The van der Waals surface area contributed by atoms with Crippen molar-refractivity contribution in [1.82, 2.24) is 14.5 Å². The van der Waals surface area contributed by atoms with Crippen LogP contribution in [0.5, 0.6) is 5.75 Å². The Morgan fingerprint density at radius 2 is 2.12 bits per heavy atom. The first kappa shape index (κ1) is 18.7. The molecule has 0 spiro atoms. The zero-order chi connectivity index (χ0) is 18.7. The van der Waals surface area contributed by atoms with Crippen LogP contribution in [0.15, 0.2) is 33.1 Å². The average Bonchev–Trinajstić information content (AvgIpc) is 3.06. The third-order valence-electron chi connectivity index (χ3n) is 3.93. The number of aromatic amines is 1. The summed E-state index contributed by atoms with van der Waals surface area (Å²) < 4.78 is 7.01. The Morgan fingerprint density at radius 3 is 2.77 bits per heavy atom. The zero-order valence-corrected chi connectivity index (χ0v) is 16.6. The van der Waals surface area contributed by atoms with Crippen molar-refractivity contribution in [3.63, 3.8) is 0 Å². The van der Waals surface area contributed by atoms with Crippen molar-refractivity contribution in [1.29, 1.82) is 0 Å². The van der Waals surface area contributed by atoms with E-state index in [1.165, 1.54) is 17.8 Å². The maximum Gasteiger partial charge on any atom is 0.263 e. The Morgan fingerprint density at radius 1 is 1.31 bits per heavy atom. The highest BCUT2D eigenvalue weighted by Crippen LogP contribution is 2.24. The molecule has 0 aliphatic heterocycles. The SMILES string of the molecule is CCCOc1c[nH]c(Cn2c(SC)nc3sc(CC)cc3c2=O)cc1=O. The number of hydrogen-bond acceptors (Lipinski definition) is 6. The summed E-state index contributed by atoms with van der Waals surface area (Å²) in [5, 5.41) is 1.27. The fraction of sp³-hybridized carbons (Fsp3) is 0.389. The summed E-state index contributed by atoms with van der Waals surface area (Å²) in [5.41, 5.74) is 0.370. The number of thioether (sulfide) groups is 1. The third-order valence-corrected chi connectivity index (χ3v) is 5.78. The van der Waals surface area contributed by atoms with Gasteiger partial charge in [0.1, 0.15) is 4.83 Å². The summed E-state index contributed by atoms with van der Waals surface area (Å²) in [4.78, 5) is 34.7. The molecule has 0 aliphatic carbocycles. The van der Waals surface area contributed by atoms with Crippen molar-refractivity contribution in [2.75, 3.05) is 12.9 Å². The van der Waals surface area contributed by atoms with Crippen LogP contribution in [0, 0.1) is 0 Å². The molecule has 26 heavy (non-hydrogen) atoms. The molecule has 0 aliphatic rings. The van der Waals surface area contributed by atoms with Gasteiger partial charge in [0.25, 0.3) is 5.56 Å². The molecule has 1 N–H and O–H groups in total. The molecule has 0 atom stereocenters. The van der Waals surface area contributed by atoms with Gasteiger partial charge >= 0.3 is 0 Å². The van der Waals surface area contributed by atoms with E-state index in [2.05, 4.69) is 16.9 Å². The van der Waals surface area contributed by atoms with Crippen molar-refractivity contribution in [3.05, 3.63) is 49.5 Å². The number of fused-ring (bicyclic) bond motifs is 1. The molecule has 0 amide bonds. The van der Waals surface area contributed by atoms with Crippen LogP contribution in [0.1, 0.15) is 30.8 Å². The summed E-state index contributed by atoms with van der Waals surface area (Å²) in [6.45, 7) is 4.80. The highest BCUT2D eigenvalue weighted by molar-refractivity contribution is 7.98. The molecular formula is C18H21N3O3S2. The van der Waals surface area contributed by atoms with Crippen molar-refractivity contribution < 1.29 is 4.74 Å². The number of aromatic nitrogens is 3. The zero-order valence-electron chi connectivity index (χ0n) is 15.0. The Bertz CT molecular complexity index is 1040. The van der Waals surface area contributed by atoms with Crippen molar-refractivity contribution >= 4 is 33.3 Å². The maximum atomic E-state index is 12.9. The molecule has 0 saturated heterocycles. The monoisotopic (exact) mass is 391 g/mol. The van der Waals surface area contributed by atoms with Crippen LogP contribution in [0.2, 0.25) is 0 Å². The van der Waals surface area contributed by atoms with Gasteiger partial charge in [0, 0.05) is 22.8 Å². The van der Waals surface area contributed by atoms with Crippen LogP contribution in [0.25, 0.3) is 10.2 Å². The Kier molecular flexibility index (Phi) is 5.83. The van der Waals surface area contributed by atoms with E-state index < -0.39 is 0 Å². The smallest absolute Gasteiger partial charge is 0.263 e. The number of aryl methyl sites for hydroxylation is 1. The number of H-pyrrole nitrogens is 1. The van der Waals surface area contributed by atoms with Crippen molar-refractivity contribution in [3.8, 4) is 5.75 Å². The Balaban J connectivity index is 2.00. The van der Waals surface area contributed by atoms with E-state index in [9.17, 15) is 9.59 Å². The predicted molar refractivity (Wildman–Crippen MR) is 107 cm³/mol. The summed E-state index contributed by atoms with van der Waals surface area (Å²) >= 11 is 2.98.